The van der Waals surface area contributed by atoms with Crippen LogP contribution in [0.5, 0.6) is 0 Å². The first-order chi connectivity index (χ1) is 10.7. The number of aromatic amines is 1. The van der Waals surface area contributed by atoms with Crippen LogP contribution in [0.4, 0.5) is 4.39 Å². The van der Waals surface area contributed by atoms with E-state index in [1.54, 1.807) is 18.2 Å². The lowest BCUT2D eigenvalue weighted by Gasteiger charge is -2.05. The van der Waals surface area contributed by atoms with Crippen LogP contribution in [0.15, 0.2) is 48.5 Å². The largest absolute Gasteiger partial charge is 0.355 e. The van der Waals surface area contributed by atoms with Crippen LogP contribution in [0.25, 0.3) is 11.0 Å². The molecule has 3 aromatic rings. The summed E-state index contributed by atoms with van der Waals surface area (Å²) in [7, 11) is 0. The fraction of sp³-hybridized carbons (Fsp3) is 0.176. The van der Waals surface area contributed by atoms with Gasteiger partial charge >= 0.3 is 0 Å². The number of H-pyrrole nitrogens is 1. The monoisotopic (exact) mass is 297 g/mol. The molecule has 0 saturated carbocycles. The SMILES string of the molecule is O=C(Cc1ccccc1F)NCCc1nc2ccccc2[nH]1. The van der Waals surface area contributed by atoms with Gasteiger partial charge in [-0.25, -0.2) is 9.37 Å². The van der Waals surface area contributed by atoms with Crippen molar-refractivity contribution < 1.29 is 9.18 Å². The Labute approximate surface area is 127 Å². The van der Waals surface area contributed by atoms with E-state index in [1.807, 2.05) is 24.3 Å². The molecule has 3 rings (SSSR count). The summed E-state index contributed by atoms with van der Waals surface area (Å²) in [4.78, 5) is 19.5. The van der Waals surface area contributed by atoms with E-state index >= 15 is 0 Å². The number of carbonyl (C=O) groups excluding carboxylic acids is 1. The highest BCUT2D eigenvalue weighted by molar-refractivity contribution is 5.78. The molecule has 0 aliphatic rings. The summed E-state index contributed by atoms with van der Waals surface area (Å²) in [5.74, 6) is 0.281. The number of hydrogen-bond acceptors (Lipinski definition) is 2. The maximum absolute atomic E-state index is 13.5. The van der Waals surface area contributed by atoms with Gasteiger partial charge < -0.3 is 10.3 Å². The number of fused-ring (bicyclic) bond motifs is 1. The Balaban J connectivity index is 1.52. The number of nitrogens with one attached hydrogen (secondary N) is 2. The van der Waals surface area contributed by atoms with Gasteiger partial charge in [-0.05, 0) is 23.8 Å². The van der Waals surface area contributed by atoms with Crippen LogP contribution in [0.1, 0.15) is 11.4 Å². The van der Waals surface area contributed by atoms with E-state index < -0.39 is 0 Å². The van der Waals surface area contributed by atoms with Gasteiger partial charge in [0.2, 0.25) is 5.91 Å². The van der Waals surface area contributed by atoms with Crippen LogP contribution in [-0.2, 0) is 17.6 Å². The predicted molar refractivity (Wildman–Crippen MR) is 82.9 cm³/mol. The van der Waals surface area contributed by atoms with Crippen molar-refractivity contribution in [3.8, 4) is 0 Å². The number of para-hydroxylation sites is 2. The normalized spacial score (nSPS) is 10.8. The molecule has 0 spiro atoms. The van der Waals surface area contributed by atoms with E-state index in [0.29, 0.717) is 18.5 Å². The molecule has 1 amide bonds. The van der Waals surface area contributed by atoms with E-state index in [0.717, 1.165) is 16.9 Å². The average Bonchev–Trinajstić information content (AvgIpc) is 2.92. The van der Waals surface area contributed by atoms with Crippen molar-refractivity contribution in [3.63, 3.8) is 0 Å². The minimum absolute atomic E-state index is 0.0484. The van der Waals surface area contributed by atoms with Gasteiger partial charge in [0.15, 0.2) is 0 Å². The molecule has 4 nitrogen and oxygen atoms in total. The number of rotatable bonds is 5. The van der Waals surface area contributed by atoms with Gasteiger partial charge in [-0.1, -0.05) is 30.3 Å². The van der Waals surface area contributed by atoms with Crippen LogP contribution in [0.2, 0.25) is 0 Å². The molecule has 22 heavy (non-hydrogen) atoms. The number of carbonyl (C=O) groups is 1. The second kappa shape index (κ2) is 6.39. The molecule has 0 unspecified atom stereocenters. The zero-order valence-corrected chi connectivity index (χ0v) is 12.0. The highest BCUT2D eigenvalue weighted by Gasteiger charge is 2.08. The van der Waals surface area contributed by atoms with Crippen molar-refractivity contribution >= 4 is 16.9 Å². The molecule has 112 valence electrons. The Morgan fingerprint density at radius 1 is 1.14 bits per heavy atom. The van der Waals surface area contributed by atoms with E-state index in [2.05, 4.69) is 15.3 Å². The summed E-state index contributed by atoms with van der Waals surface area (Å²) >= 11 is 0. The van der Waals surface area contributed by atoms with Crippen molar-refractivity contribution in [1.29, 1.82) is 0 Å². The molecule has 0 bridgehead atoms. The van der Waals surface area contributed by atoms with Gasteiger partial charge in [-0.3, -0.25) is 4.79 Å². The summed E-state index contributed by atoms with van der Waals surface area (Å²) < 4.78 is 13.5. The highest BCUT2D eigenvalue weighted by Crippen LogP contribution is 2.10. The van der Waals surface area contributed by atoms with Crippen molar-refractivity contribution in [2.75, 3.05) is 6.54 Å². The predicted octanol–water partition coefficient (Wildman–Crippen LogP) is 2.60. The molecule has 0 atom stereocenters. The standard InChI is InChI=1S/C17H16FN3O/c18-13-6-2-1-5-12(13)11-17(22)19-10-9-16-20-14-7-3-4-8-15(14)21-16/h1-8H,9-11H2,(H,19,22)(H,20,21). The number of amides is 1. The van der Waals surface area contributed by atoms with Crippen molar-refractivity contribution in [2.24, 2.45) is 0 Å². The average molecular weight is 297 g/mol. The summed E-state index contributed by atoms with van der Waals surface area (Å²) in [5.41, 5.74) is 2.30. The maximum atomic E-state index is 13.5. The number of nitrogens with zero attached hydrogens (tertiary/aromatic N) is 1. The van der Waals surface area contributed by atoms with Gasteiger partial charge in [-0.2, -0.15) is 0 Å². The van der Waals surface area contributed by atoms with Gasteiger partial charge in [-0.15, -0.1) is 0 Å². The number of aromatic nitrogens is 2. The van der Waals surface area contributed by atoms with Gasteiger partial charge in [0.1, 0.15) is 11.6 Å². The lowest BCUT2D eigenvalue weighted by molar-refractivity contribution is -0.120. The zero-order chi connectivity index (χ0) is 15.4. The Hall–Kier alpha value is -2.69. The van der Waals surface area contributed by atoms with Crippen LogP contribution < -0.4 is 5.32 Å². The third-order valence-corrected chi connectivity index (χ3v) is 3.43. The van der Waals surface area contributed by atoms with Crippen LogP contribution in [-0.4, -0.2) is 22.4 Å². The third kappa shape index (κ3) is 3.31. The first-order valence-electron chi connectivity index (χ1n) is 7.16. The molecular weight excluding hydrogens is 281 g/mol. The second-order valence-electron chi connectivity index (χ2n) is 5.07. The molecule has 1 heterocycles. The topological polar surface area (TPSA) is 57.8 Å². The fourth-order valence-electron chi connectivity index (χ4n) is 2.32. The van der Waals surface area contributed by atoms with Crippen LogP contribution >= 0.6 is 0 Å². The molecule has 0 aliphatic carbocycles. The number of imidazole rings is 1. The molecule has 0 aliphatic heterocycles. The lowest BCUT2D eigenvalue weighted by atomic mass is 10.1. The Bertz CT molecular complexity index is 764. The van der Waals surface area contributed by atoms with Gasteiger partial charge in [0.05, 0.1) is 17.5 Å². The molecule has 2 aromatic carbocycles. The van der Waals surface area contributed by atoms with E-state index in [1.165, 1.54) is 6.07 Å². The smallest absolute Gasteiger partial charge is 0.224 e. The molecule has 0 radical (unpaired) electrons. The van der Waals surface area contributed by atoms with Crippen molar-refractivity contribution in [1.82, 2.24) is 15.3 Å². The Morgan fingerprint density at radius 2 is 1.91 bits per heavy atom. The first-order valence-corrected chi connectivity index (χ1v) is 7.16. The van der Waals surface area contributed by atoms with Crippen LogP contribution in [0, 0.1) is 5.82 Å². The van der Waals surface area contributed by atoms with Gasteiger partial charge in [0.25, 0.3) is 0 Å². The zero-order valence-electron chi connectivity index (χ0n) is 12.0. The lowest BCUT2D eigenvalue weighted by Crippen LogP contribution is -2.27. The quantitative estimate of drug-likeness (QED) is 0.760. The highest BCUT2D eigenvalue weighted by atomic mass is 19.1. The van der Waals surface area contributed by atoms with E-state index in [-0.39, 0.29) is 18.1 Å². The van der Waals surface area contributed by atoms with Gasteiger partial charge in [0, 0.05) is 13.0 Å². The summed E-state index contributed by atoms with van der Waals surface area (Å²) in [6.07, 6.45) is 0.657. The number of benzene rings is 2. The molecule has 0 saturated heterocycles. The third-order valence-electron chi connectivity index (χ3n) is 3.43. The minimum atomic E-state index is -0.352. The summed E-state index contributed by atoms with van der Waals surface area (Å²) in [6, 6.07) is 14.1. The number of hydrogen-bond donors (Lipinski definition) is 2. The van der Waals surface area contributed by atoms with E-state index in [4.69, 9.17) is 0 Å². The Morgan fingerprint density at radius 3 is 2.73 bits per heavy atom. The van der Waals surface area contributed by atoms with Crippen molar-refractivity contribution in [3.05, 3.63) is 65.7 Å². The summed E-state index contributed by atoms with van der Waals surface area (Å²) in [6.45, 7) is 0.465. The Kier molecular flexibility index (Phi) is 4.14. The van der Waals surface area contributed by atoms with Crippen molar-refractivity contribution in [2.45, 2.75) is 12.8 Å². The molecular formula is C17H16FN3O. The molecule has 0 fully saturated rings. The maximum Gasteiger partial charge on any atom is 0.224 e. The fourth-order valence-corrected chi connectivity index (χ4v) is 2.32. The minimum Gasteiger partial charge on any atom is -0.355 e. The van der Waals surface area contributed by atoms with E-state index in [9.17, 15) is 9.18 Å². The second-order valence-corrected chi connectivity index (χ2v) is 5.07. The summed E-state index contributed by atoms with van der Waals surface area (Å²) in [5, 5.41) is 2.79. The number of halogens is 1. The van der Waals surface area contributed by atoms with Crippen LogP contribution in [0.3, 0.4) is 0 Å². The first kappa shape index (κ1) is 14.3. The molecule has 2 N–H and O–H groups in total. The molecule has 5 heteroatoms. The molecule has 1 aromatic heterocycles.